The summed E-state index contributed by atoms with van der Waals surface area (Å²) in [4.78, 5) is 25.0. The van der Waals surface area contributed by atoms with Gasteiger partial charge in [0, 0.05) is 30.9 Å². The molecule has 1 fully saturated rings. The van der Waals surface area contributed by atoms with Crippen LogP contribution in [0.2, 0.25) is 0 Å². The van der Waals surface area contributed by atoms with Gasteiger partial charge in [0.1, 0.15) is 17.0 Å². The summed E-state index contributed by atoms with van der Waals surface area (Å²) in [5, 5.41) is 3.38. The predicted molar refractivity (Wildman–Crippen MR) is 130 cm³/mol. The number of hydrogen-bond acceptors (Lipinski definition) is 6. The third-order valence-corrected chi connectivity index (χ3v) is 6.28. The fourth-order valence-corrected chi connectivity index (χ4v) is 4.37. The van der Waals surface area contributed by atoms with Gasteiger partial charge in [-0.3, -0.25) is 4.79 Å². The van der Waals surface area contributed by atoms with Crippen LogP contribution in [0.15, 0.2) is 57.7 Å². The largest absolute Gasteiger partial charge is 0.465 e. The van der Waals surface area contributed by atoms with E-state index in [1.807, 2.05) is 63.2 Å². The van der Waals surface area contributed by atoms with Crippen LogP contribution >= 0.6 is 0 Å². The third kappa shape index (κ3) is 5.32. The average Bonchev–Trinajstić information content (AvgIpc) is 2.81. The highest BCUT2D eigenvalue weighted by molar-refractivity contribution is 5.93. The topological polar surface area (TPSA) is 87.0 Å². The number of aryl methyl sites for hydroxylation is 2. The van der Waals surface area contributed by atoms with E-state index in [9.17, 15) is 9.59 Å². The Morgan fingerprint density at radius 1 is 1.15 bits per heavy atom. The predicted octanol–water partition coefficient (Wildman–Crippen LogP) is 4.98. The fraction of sp³-hybridized carbons (Fsp3) is 0.407. The zero-order valence-electron chi connectivity index (χ0n) is 20.1. The Morgan fingerprint density at radius 3 is 2.62 bits per heavy atom. The molecule has 1 aliphatic heterocycles. The summed E-state index contributed by atoms with van der Waals surface area (Å²) in [6, 6.07) is 15.0. The van der Waals surface area contributed by atoms with Crippen molar-refractivity contribution in [2.75, 3.05) is 12.4 Å². The van der Waals surface area contributed by atoms with Crippen molar-refractivity contribution in [2.24, 2.45) is 0 Å². The number of methoxy groups -OCH3 is 1. The lowest BCUT2D eigenvalue weighted by atomic mass is 9.94. The van der Waals surface area contributed by atoms with Crippen molar-refractivity contribution >= 4 is 22.6 Å². The molecule has 1 aromatic heterocycles. The summed E-state index contributed by atoms with van der Waals surface area (Å²) in [6.45, 7) is 5.81. The van der Waals surface area contributed by atoms with E-state index < -0.39 is 17.5 Å². The van der Waals surface area contributed by atoms with Gasteiger partial charge in [0.2, 0.25) is 12.2 Å². The molecule has 180 valence electrons. The van der Waals surface area contributed by atoms with Gasteiger partial charge >= 0.3 is 5.63 Å². The molecule has 7 heteroatoms. The highest BCUT2D eigenvalue weighted by Crippen LogP contribution is 2.34. The maximum Gasteiger partial charge on any atom is 0.360 e. The van der Waals surface area contributed by atoms with Gasteiger partial charge in [-0.15, -0.1) is 0 Å². The molecule has 4 rings (SSSR count). The normalized spacial score (nSPS) is 19.6. The maximum atomic E-state index is 12.6. The zero-order chi connectivity index (χ0) is 24.3. The number of benzene rings is 2. The van der Waals surface area contributed by atoms with E-state index in [2.05, 4.69) is 5.32 Å². The quantitative estimate of drug-likeness (QED) is 0.495. The molecule has 2 atom stereocenters. The maximum absolute atomic E-state index is 12.6. The van der Waals surface area contributed by atoms with E-state index in [1.165, 1.54) is 0 Å². The molecule has 2 heterocycles. The number of rotatable bonds is 7. The minimum absolute atomic E-state index is 0.00407. The van der Waals surface area contributed by atoms with Crippen LogP contribution in [0.25, 0.3) is 11.0 Å². The van der Waals surface area contributed by atoms with Gasteiger partial charge < -0.3 is 23.9 Å². The van der Waals surface area contributed by atoms with E-state index in [4.69, 9.17) is 18.6 Å². The first kappa shape index (κ1) is 24.0. The molecule has 0 aliphatic carbocycles. The molecule has 0 saturated carbocycles. The zero-order valence-corrected chi connectivity index (χ0v) is 20.1. The van der Waals surface area contributed by atoms with Crippen molar-refractivity contribution in [2.45, 2.75) is 64.4 Å². The first-order valence-corrected chi connectivity index (χ1v) is 11.6. The van der Waals surface area contributed by atoms with Crippen LogP contribution in [-0.4, -0.2) is 31.0 Å². The van der Waals surface area contributed by atoms with Crippen LogP contribution in [0.4, 0.5) is 5.69 Å². The lowest BCUT2D eigenvalue weighted by Gasteiger charge is -2.41. The van der Waals surface area contributed by atoms with E-state index in [1.54, 1.807) is 13.2 Å². The second-order valence-electron chi connectivity index (χ2n) is 9.16. The summed E-state index contributed by atoms with van der Waals surface area (Å²) in [5.74, 6) is 0.352. The van der Waals surface area contributed by atoms with Crippen LogP contribution in [0.5, 0.6) is 5.75 Å². The summed E-state index contributed by atoms with van der Waals surface area (Å²) in [6.07, 6.45) is 1.96. The van der Waals surface area contributed by atoms with Crippen LogP contribution in [0.3, 0.4) is 0 Å². The van der Waals surface area contributed by atoms with E-state index >= 15 is 0 Å². The Kier molecular flexibility index (Phi) is 7.05. The fourth-order valence-electron chi connectivity index (χ4n) is 4.37. The minimum Gasteiger partial charge on any atom is -0.465 e. The van der Waals surface area contributed by atoms with E-state index in [-0.39, 0.29) is 24.1 Å². The lowest BCUT2D eigenvalue weighted by molar-refractivity contribution is -0.233. The molecule has 1 amide bonds. The number of ether oxygens (including phenoxy) is 3. The molecule has 0 radical (unpaired) electrons. The van der Waals surface area contributed by atoms with Gasteiger partial charge in [-0.2, -0.15) is 0 Å². The second-order valence-corrected chi connectivity index (χ2v) is 9.16. The Labute approximate surface area is 199 Å². The minimum atomic E-state index is -0.598. The van der Waals surface area contributed by atoms with Gasteiger partial charge in [0.25, 0.3) is 0 Å². The van der Waals surface area contributed by atoms with E-state index in [0.29, 0.717) is 35.1 Å². The van der Waals surface area contributed by atoms with Crippen molar-refractivity contribution in [1.82, 2.24) is 0 Å². The van der Waals surface area contributed by atoms with Crippen molar-refractivity contribution in [3.63, 3.8) is 0 Å². The Balaban J connectivity index is 1.47. The second kappa shape index (κ2) is 9.99. The highest BCUT2D eigenvalue weighted by Gasteiger charge is 2.39. The van der Waals surface area contributed by atoms with Gasteiger partial charge in [-0.25, -0.2) is 4.79 Å². The Bertz CT molecular complexity index is 1220. The molecule has 0 bridgehead atoms. The molecule has 1 unspecified atom stereocenters. The first-order chi connectivity index (χ1) is 16.3. The average molecular weight is 466 g/mol. The SMILES string of the molecule is CO[C@@H]1CCC(Oc2ccc3cc(NC(=O)CCc4ccccc4)c(=O)oc3c2C)OC1(C)C. The Morgan fingerprint density at radius 2 is 1.91 bits per heavy atom. The molecule has 34 heavy (non-hydrogen) atoms. The molecule has 1 N–H and O–H groups in total. The van der Waals surface area contributed by atoms with Crippen LogP contribution in [-0.2, 0) is 20.7 Å². The van der Waals surface area contributed by atoms with Crippen molar-refractivity contribution in [3.05, 3.63) is 70.1 Å². The number of fused-ring (bicyclic) bond motifs is 1. The molecule has 3 aromatic rings. The highest BCUT2D eigenvalue weighted by atomic mass is 16.7. The lowest BCUT2D eigenvalue weighted by Crippen LogP contribution is -2.49. The number of hydrogen-bond donors (Lipinski definition) is 1. The molecule has 1 saturated heterocycles. The van der Waals surface area contributed by atoms with Gasteiger partial charge in [-0.05, 0) is 57.4 Å². The molecular formula is C27H31NO6. The van der Waals surface area contributed by atoms with Crippen LogP contribution in [0.1, 0.15) is 44.2 Å². The smallest absolute Gasteiger partial charge is 0.360 e. The molecule has 7 nitrogen and oxygen atoms in total. The van der Waals surface area contributed by atoms with Crippen LogP contribution < -0.4 is 15.7 Å². The molecular weight excluding hydrogens is 434 g/mol. The van der Waals surface area contributed by atoms with Crippen molar-refractivity contribution in [1.29, 1.82) is 0 Å². The third-order valence-electron chi connectivity index (χ3n) is 6.28. The standard InChI is InChI=1S/C27H31NO6/c1-17-21(32-24-15-13-22(31-4)27(2,3)34-24)12-11-19-16-20(26(30)33-25(17)19)28-23(29)14-10-18-8-6-5-7-9-18/h5-9,11-12,16,22,24H,10,13-15H2,1-4H3,(H,28,29)/t22-,24?/m1/s1. The summed E-state index contributed by atoms with van der Waals surface area (Å²) < 4.78 is 23.3. The van der Waals surface area contributed by atoms with Gasteiger partial charge in [-0.1, -0.05) is 30.3 Å². The first-order valence-electron chi connectivity index (χ1n) is 11.6. The number of carbonyl (C=O) groups is 1. The Hall–Kier alpha value is -3.16. The van der Waals surface area contributed by atoms with Gasteiger partial charge in [0.15, 0.2) is 0 Å². The monoisotopic (exact) mass is 465 g/mol. The van der Waals surface area contributed by atoms with Crippen LogP contribution in [0, 0.1) is 6.92 Å². The summed E-state index contributed by atoms with van der Waals surface area (Å²) in [7, 11) is 1.69. The van der Waals surface area contributed by atoms with E-state index in [0.717, 1.165) is 12.0 Å². The number of amides is 1. The summed E-state index contributed by atoms with van der Waals surface area (Å²) in [5.41, 5.74) is 1.25. The number of anilines is 1. The summed E-state index contributed by atoms with van der Waals surface area (Å²) >= 11 is 0. The molecule has 0 spiro atoms. The van der Waals surface area contributed by atoms with Gasteiger partial charge in [0.05, 0.1) is 11.7 Å². The van der Waals surface area contributed by atoms with Crippen molar-refractivity contribution < 1.29 is 23.4 Å². The van der Waals surface area contributed by atoms with Crippen molar-refractivity contribution in [3.8, 4) is 5.75 Å². The molecule has 1 aliphatic rings. The number of nitrogens with one attached hydrogen (secondary N) is 1. The number of carbonyl (C=O) groups excluding carboxylic acids is 1. The molecule has 2 aromatic carbocycles.